The maximum absolute atomic E-state index is 12.4. The van der Waals surface area contributed by atoms with Crippen LogP contribution in [0.15, 0.2) is 22.7 Å². The molecule has 1 atom stereocenters. The number of hydrogen-bond donors (Lipinski definition) is 0. The molecule has 1 aromatic carbocycles. The molecule has 2 aliphatic heterocycles. The van der Waals surface area contributed by atoms with Gasteiger partial charge in [0.1, 0.15) is 0 Å². The third-order valence-corrected chi connectivity index (χ3v) is 5.08. The quantitative estimate of drug-likeness (QED) is 0.819. The molecule has 1 unspecified atom stereocenters. The van der Waals surface area contributed by atoms with Crippen LogP contribution < -0.4 is 9.47 Å². The predicted molar refractivity (Wildman–Crippen MR) is 92.7 cm³/mol. The summed E-state index contributed by atoms with van der Waals surface area (Å²) in [5.41, 5.74) is 1.19. The van der Waals surface area contributed by atoms with E-state index in [4.69, 9.17) is 14.0 Å². The molecular formula is C19H23N3O4. The first-order valence-corrected chi connectivity index (χ1v) is 9.02. The summed E-state index contributed by atoms with van der Waals surface area (Å²) in [6.45, 7) is 5.55. The molecule has 1 saturated heterocycles. The Morgan fingerprint density at radius 2 is 2.12 bits per heavy atom. The highest BCUT2D eigenvalue weighted by molar-refractivity contribution is 5.77. The maximum atomic E-state index is 12.4. The van der Waals surface area contributed by atoms with Gasteiger partial charge in [-0.15, -0.1) is 0 Å². The molecule has 1 aromatic heterocycles. The molecule has 0 bridgehead atoms. The average molecular weight is 357 g/mol. The summed E-state index contributed by atoms with van der Waals surface area (Å²) in [5.74, 6) is 2.92. The number of carbonyl (C=O) groups is 1. The van der Waals surface area contributed by atoms with Crippen molar-refractivity contribution in [2.24, 2.45) is 5.41 Å². The van der Waals surface area contributed by atoms with E-state index in [9.17, 15) is 4.79 Å². The monoisotopic (exact) mass is 357 g/mol. The normalized spacial score (nSPS) is 22.1. The number of fused-ring (bicyclic) bond motifs is 1. The summed E-state index contributed by atoms with van der Waals surface area (Å²) in [7, 11) is 0. The van der Waals surface area contributed by atoms with Crippen molar-refractivity contribution in [3.63, 3.8) is 0 Å². The number of rotatable bonds is 5. The van der Waals surface area contributed by atoms with Crippen LogP contribution in [0.3, 0.4) is 0 Å². The van der Waals surface area contributed by atoms with Gasteiger partial charge in [-0.1, -0.05) is 25.1 Å². The molecule has 0 aliphatic carbocycles. The largest absolute Gasteiger partial charge is 0.454 e. The van der Waals surface area contributed by atoms with E-state index in [-0.39, 0.29) is 18.1 Å². The topological polar surface area (TPSA) is 77.7 Å². The van der Waals surface area contributed by atoms with Crippen LogP contribution in [0.25, 0.3) is 0 Å². The summed E-state index contributed by atoms with van der Waals surface area (Å²) >= 11 is 0. The van der Waals surface area contributed by atoms with Crippen molar-refractivity contribution in [3.05, 3.63) is 35.5 Å². The van der Waals surface area contributed by atoms with Crippen LogP contribution in [0.5, 0.6) is 11.5 Å². The van der Waals surface area contributed by atoms with Crippen LogP contribution in [0, 0.1) is 5.41 Å². The molecule has 1 amide bonds. The van der Waals surface area contributed by atoms with Gasteiger partial charge >= 0.3 is 0 Å². The zero-order valence-corrected chi connectivity index (χ0v) is 15.2. The number of likely N-dealkylation sites (tertiary alicyclic amines) is 1. The molecule has 0 radical (unpaired) electrons. The van der Waals surface area contributed by atoms with Crippen molar-refractivity contribution in [1.82, 2.24) is 15.0 Å². The number of nitrogens with zero attached hydrogens (tertiary/aromatic N) is 3. The predicted octanol–water partition coefficient (Wildman–Crippen LogP) is 2.73. The van der Waals surface area contributed by atoms with E-state index in [1.54, 1.807) is 0 Å². The number of benzene rings is 1. The molecule has 7 heteroatoms. The number of hydrogen-bond acceptors (Lipinski definition) is 6. The van der Waals surface area contributed by atoms with Crippen LogP contribution in [-0.4, -0.2) is 34.3 Å². The average Bonchev–Trinajstić information content (AvgIpc) is 3.27. The zero-order valence-electron chi connectivity index (χ0n) is 15.2. The zero-order chi connectivity index (χ0) is 18.1. The first-order chi connectivity index (χ1) is 12.5. The summed E-state index contributed by atoms with van der Waals surface area (Å²) in [6.07, 6.45) is 2.98. The minimum absolute atomic E-state index is 0.00106. The minimum Gasteiger partial charge on any atom is -0.454 e. The Labute approximate surface area is 152 Å². The van der Waals surface area contributed by atoms with Gasteiger partial charge in [0.15, 0.2) is 17.3 Å². The summed E-state index contributed by atoms with van der Waals surface area (Å²) in [4.78, 5) is 18.5. The first kappa shape index (κ1) is 16.9. The van der Waals surface area contributed by atoms with Gasteiger partial charge in [-0.2, -0.15) is 4.98 Å². The third-order valence-electron chi connectivity index (χ3n) is 5.08. The highest BCUT2D eigenvalue weighted by atomic mass is 16.7. The van der Waals surface area contributed by atoms with E-state index < -0.39 is 0 Å². The Hall–Kier alpha value is -2.57. The second-order valence-electron chi connectivity index (χ2n) is 7.38. The summed E-state index contributed by atoms with van der Waals surface area (Å²) in [6, 6.07) is 6.08. The van der Waals surface area contributed by atoms with Crippen molar-refractivity contribution in [2.75, 3.05) is 13.3 Å². The molecular weight excluding hydrogens is 334 g/mol. The number of amides is 1. The van der Waals surface area contributed by atoms with Gasteiger partial charge in [-0.25, -0.2) is 0 Å². The van der Waals surface area contributed by atoms with Gasteiger partial charge in [0.25, 0.3) is 0 Å². The van der Waals surface area contributed by atoms with E-state index in [0.29, 0.717) is 37.6 Å². The van der Waals surface area contributed by atoms with E-state index in [1.165, 1.54) is 5.56 Å². The van der Waals surface area contributed by atoms with Crippen LogP contribution in [0.2, 0.25) is 0 Å². The van der Waals surface area contributed by atoms with Crippen LogP contribution in [0.4, 0.5) is 0 Å². The molecule has 0 N–H and O–H groups in total. The number of ether oxygens (including phenoxy) is 2. The second kappa shape index (κ2) is 6.63. The standard InChI is InChI=1S/C19H23N3O4/c1-3-17-20-16(21-26-17)10-22-11-19(2,7-6-18(22)23)9-13-4-5-14-15(8-13)25-12-24-14/h4-5,8H,3,6-7,9-12H2,1-2H3. The lowest BCUT2D eigenvalue weighted by Crippen LogP contribution is -2.45. The molecule has 2 aliphatic rings. The molecule has 3 heterocycles. The van der Waals surface area contributed by atoms with E-state index in [0.717, 1.165) is 24.3 Å². The van der Waals surface area contributed by atoms with Gasteiger partial charge in [-0.3, -0.25) is 4.79 Å². The van der Waals surface area contributed by atoms with Crippen LogP contribution >= 0.6 is 0 Å². The van der Waals surface area contributed by atoms with Crippen LogP contribution in [0.1, 0.15) is 44.0 Å². The van der Waals surface area contributed by atoms with Gasteiger partial charge in [0.2, 0.25) is 18.6 Å². The Morgan fingerprint density at radius 1 is 1.27 bits per heavy atom. The molecule has 2 aromatic rings. The molecule has 4 rings (SSSR count). The molecule has 138 valence electrons. The molecule has 26 heavy (non-hydrogen) atoms. The van der Waals surface area contributed by atoms with Crippen molar-refractivity contribution in [2.45, 2.75) is 46.1 Å². The van der Waals surface area contributed by atoms with Gasteiger partial charge < -0.3 is 18.9 Å². The van der Waals surface area contributed by atoms with E-state index >= 15 is 0 Å². The number of carbonyl (C=O) groups excluding carboxylic acids is 1. The molecule has 0 saturated carbocycles. The van der Waals surface area contributed by atoms with Crippen molar-refractivity contribution in [1.29, 1.82) is 0 Å². The Kier molecular flexibility index (Phi) is 4.30. The molecule has 1 fully saturated rings. The van der Waals surface area contributed by atoms with Gasteiger partial charge in [0.05, 0.1) is 6.54 Å². The van der Waals surface area contributed by atoms with Crippen molar-refractivity contribution >= 4 is 5.91 Å². The fourth-order valence-corrected chi connectivity index (χ4v) is 3.70. The molecule has 0 spiro atoms. The lowest BCUT2D eigenvalue weighted by Gasteiger charge is -2.40. The van der Waals surface area contributed by atoms with E-state index in [1.807, 2.05) is 24.0 Å². The smallest absolute Gasteiger partial charge is 0.231 e. The fourth-order valence-electron chi connectivity index (χ4n) is 3.70. The van der Waals surface area contributed by atoms with Crippen molar-refractivity contribution < 1.29 is 18.8 Å². The highest BCUT2D eigenvalue weighted by Gasteiger charge is 2.36. The Morgan fingerprint density at radius 3 is 2.92 bits per heavy atom. The van der Waals surface area contributed by atoms with Crippen molar-refractivity contribution in [3.8, 4) is 11.5 Å². The highest BCUT2D eigenvalue weighted by Crippen LogP contribution is 2.38. The number of aryl methyl sites for hydroxylation is 1. The van der Waals surface area contributed by atoms with Gasteiger partial charge in [-0.05, 0) is 36.0 Å². The third kappa shape index (κ3) is 3.38. The summed E-state index contributed by atoms with van der Waals surface area (Å²) in [5, 5.41) is 3.98. The Balaban J connectivity index is 1.46. The minimum atomic E-state index is -0.00106. The number of piperidine rings is 1. The van der Waals surface area contributed by atoms with Crippen LogP contribution in [-0.2, 0) is 24.2 Å². The fraction of sp³-hybridized carbons (Fsp3) is 0.526. The lowest BCUT2D eigenvalue weighted by atomic mass is 9.76. The molecule has 7 nitrogen and oxygen atoms in total. The SMILES string of the molecule is CCc1nc(CN2CC(C)(Cc3ccc4c(c3)OCO4)CCC2=O)no1. The maximum Gasteiger partial charge on any atom is 0.231 e. The van der Waals surface area contributed by atoms with Gasteiger partial charge in [0, 0.05) is 19.4 Å². The first-order valence-electron chi connectivity index (χ1n) is 9.02. The lowest BCUT2D eigenvalue weighted by molar-refractivity contribution is -0.138. The Bertz CT molecular complexity index is 819. The second-order valence-corrected chi connectivity index (χ2v) is 7.38. The number of aromatic nitrogens is 2. The van der Waals surface area contributed by atoms with E-state index in [2.05, 4.69) is 23.1 Å². The summed E-state index contributed by atoms with van der Waals surface area (Å²) < 4.78 is 16.0.